The number of hydrogen-bond acceptors (Lipinski definition) is 3. The van der Waals surface area contributed by atoms with Gasteiger partial charge in [-0.1, -0.05) is 6.07 Å². The summed E-state index contributed by atoms with van der Waals surface area (Å²) in [5.41, 5.74) is 0.819. The van der Waals surface area contributed by atoms with Crippen LogP contribution in [-0.2, 0) is 11.3 Å². The van der Waals surface area contributed by atoms with Gasteiger partial charge >= 0.3 is 0 Å². The van der Waals surface area contributed by atoms with E-state index in [-0.39, 0.29) is 17.5 Å². The average Bonchev–Trinajstić information content (AvgIpc) is 2.28. The first-order chi connectivity index (χ1) is 7.58. The van der Waals surface area contributed by atoms with Gasteiger partial charge in [-0.15, -0.1) is 11.6 Å². The highest BCUT2D eigenvalue weighted by molar-refractivity contribution is 6.27. The molecule has 0 radical (unpaired) electrons. The molecule has 0 heterocycles. The number of ether oxygens (including phenoxy) is 1. The summed E-state index contributed by atoms with van der Waals surface area (Å²) in [6.07, 6.45) is 0. The molecule has 1 rings (SSSR count). The van der Waals surface area contributed by atoms with Crippen LogP contribution in [0.5, 0.6) is 11.5 Å². The largest absolute Gasteiger partial charge is 0.504 e. The van der Waals surface area contributed by atoms with Gasteiger partial charge in [0, 0.05) is 13.6 Å². The van der Waals surface area contributed by atoms with Gasteiger partial charge < -0.3 is 14.7 Å². The van der Waals surface area contributed by atoms with Crippen LogP contribution < -0.4 is 4.74 Å². The number of halogens is 1. The number of hydrogen-bond donors (Lipinski definition) is 1. The quantitative estimate of drug-likeness (QED) is 0.818. The van der Waals surface area contributed by atoms with Crippen LogP contribution in [0.15, 0.2) is 18.2 Å². The molecule has 0 spiro atoms. The normalized spacial score (nSPS) is 9.94. The number of alkyl halides is 1. The summed E-state index contributed by atoms with van der Waals surface area (Å²) in [4.78, 5) is 12.7. The molecule has 0 aliphatic rings. The molecular formula is C11H14ClNO3. The smallest absolute Gasteiger partial charge is 0.237 e. The molecule has 0 saturated carbocycles. The fourth-order valence-corrected chi connectivity index (χ4v) is 1.50. The van der Waals surface area contributed by atoms with E-state index >= 15 is 0 Å². The lowest BCUT2D eigenvalue weighted by Gasteiger charge is -2.16. The second kappa shape index (κ2) is 5.61. The minimum atomic E-state index is -0.156. The van der Waals surface area contributed by atoms with Gasteiger partial charge in [0.25, 0.3) is 0 Å². The molecule has 5 heteroatoms. The maximum Gasteiger partial charge on any atom is 0.237 e. The van der Waals surface area contributed by atoms with Gasteiger partial charge in [0.2, 0.25) is 5.91 Å². The predicted molar refractivity (Wildman–Crippen MR) is 61.9 cm³/mol. The van der Waals surface area contributed by atoms with Gasteiger partial charge in [0.05, 0.1) is 7.11 Å². The van der Waals surface area contributed by atoms with E-state index in [9.17, 15) is 9.90 Å². The topological polar surface area (TPSA) is 49.8 Å². The minimum Gasteiger partial charge on any atom is -0.504 e. The van der Waals surface area contributed by atoms with Gasteiger partial charge in [-0.3, -0.25) is 4.79 Å². The van der Waals surface area contributed by atoms with Crippen molar-refractivity contribution in [3.63, 3.8) is 0 Å². The van der Waals surface area contributed by atoms with E-state index in [1.807, 2.05) is 0 Å². The minimum absolute atomic E-state index is 0.0430. The lowest BCUT2D eigenvalue weighted by Crippen LogP contribution is -2.27. The monoisotopic (exact) mass is 243 g/mol. The SMILES string of the molecule is COc1ccc(CN(C)C(=O)CCl)cc1O. The van der Waals surface area contributed by atoms with Crippen LogP contribution in [-0.4, -0.2) is 36.0 Å². The molecular weight excluding hydrogens is 230 g/mol. The average molecular weight is 244 g/mol. The third-order valence-electron chi connectivity index (χ3n) is 2.20. The molecule has 0 bridgehead atoms. The standard InChI is InChI=1S/C11H14ClNO3/c1-13(11(15)6-12)7-8-3-4-10(16-2)9(14)5-8/h3-5,14H,6-7H2,1-2H3. The van der Waals surface area contributed by atoms with E-state index in [2.05, 4.69) is 0 Å². The van der Waals surface area contributed by atoms with Crippen LogP contribution in [0.25, 0.3) is 0 Å². The Balaban J connectivity index is 2.75. The number of benzene rings is 1. The van der Waals surface area contributed by atoms with Gasteiger partial charge in [-0.25, -0.2) is 0 Å². The van der Waals surface area contributed by atoms with Gasteiger partial charge in [-0.05, 0) is 17.7 Å². The number of rotatable bonds is 4. The summed E-state index contributed by atoms with van der Waals surface area (Å²) in [6.45, 7) is 0.406. The van der Waals surface area contributed by atoms with Crippen molar-refractivity contribution >= 4 is 17.5 Å². The van der Waals surface area contributed by atoms with Crippen LogP contribution in [0.2, 0.25) is 0 Å². The van der Waals surface area contributed by atoms with E-state index in [1.54, 1.807) is 25.2 Å². The Labute approximate surface area is 99.4 Å². The zero-order chi connectivity index (χ0) is 12.1. The van der Waals surface area contributed by atoms with Crippen molar-refractivity contribution in [3.05, 3.63) is 23.8 Å². The van der Waals surface area contributed by atoms with Crippen molar-refractivity contribution in [3.8, 4) is 11.5 Å². The highest BCUT2D eigenvalue weighted by Crippen LogP contribution is 2.26. The first-order valence-corrected chi connectivity index (χ1v) is 5.27. The van der Waals surface area contributed by atoms with Crippen molar-refractivity contribution in [1.82, 2.24) is 4.90 Å². The van der Waals surface area contributed by atoms with E-state index in [1.165, 1.54) is 12.0 Å². The Kier molecular flexibility index (Phi) is 4.43. The second-order valence-electron chi connectivity index (χ2n) is 3.39. The Morgan fingerprint density at radius 1 is 1.56 bits per heavy atom. The van der Waals surface area contributed by atoms with Crippen molar-refractivity contribution in [2.24, 2.45) is 0 Å². The number of carbonyl (C=O) groups is 1. The van der Waals surface area contributed by atoms with Crippen LogP contribution in [0, 0.1) is 0 Å². The lowest BCUT2D eigenvalue weighted by molar-refractivity contribution is -0.127. The molecule has 0 saturated heterocycles. The van der Waals surface area contributed by atoms with Crippen molar-refractivity contribution in [1.29, 1.82) is 0 Å². The van der Waals surface area contributed by atoms with Crippen molar-refractivity contribution < 1.29 is 14.6 Å². The second-order valence-corrected chi connectivity index (χ2v) is 3.66. The molecule has 0 unspecified atom stereocenters. The van der Waals surface area contributed by atoms with Crippen LogP contribution >= 0.6 is 11.6 Å². The van der Waals surface area contributed by atoms with E-state index in [0.717, 1.165) is 5.56 Å². The van der Waals surface area contributed by atoms with Crippen molar-refractivity contribution in [2.45, 2.75) is 6.54 Å². The Morgan fingerprint density at radius 2 is 2.25 bits per heavy atom. The van der Waals surface area contributed by atoms with E-state index in [0.29, 0.717) is 12.3 Å². The third kappa shape index (κ3) is 3.03. The van der Waals surface area contributed by atoms with Crippen LogP contribution in [0.1, 0.15) is 5.56 Å². The number of amides is 1. The van der Waals surface area contributed by atoms with Crippen LogP contribution in [0.4, 0.5) is 0 Å². The molecule has 88 valence electrons. The molecule has 1 aromatic rings. The lowest BCUT2D eigenvalue weighted by atomic mass is 10.2. The Hall–Kier alpha value is -1.42. The Bertz CT molecular complexity index is 381. The number of methoxy groups -OCH3 is 1. The van der Waals surface area contributed by atoms with Crippen molar-refractivity contribution in [2.75, 3.05) is 20.0 Å². The summed E-state index contributed by atoms with van der Waals surface area (Å²) in [5, 5.41) is 9.55. The molecule has 0 atom stereocenters. The summed E-state index contributed by atoms with van der Waals surface area (Å²) < 4.78 is 4.92. The fraction of sp³-hybridized carbons (Fsp3) is 0.364. The Morgan fingerprint density at radius 3 is 2.75 bits per heavy atom. The summed E-state index contributed by atoms with van der Waals surface area (Å²) in [7, 11) is 3.14. The van der Waals surface area contributed by atoms with E-state index < -0.39 is 0 Å². The summed E-state index contributed by atoms with van der Waals surface area (Å²) >= 11 is 5.43. The number of carbonyl (C=O) groups excluding carboxylic acids is 1. The molecule has 0 aliphatic heterocycles. The van der Waals surface area contributed by atoms with Gasteiger partial charge in [0.15, 0.2) is 11.5 Å². The molecule has 0 fully saturated rings. The molecule has 4 nitrogen and oxygen atoms in total. The fourth-order valence-electron chi connectivity index (χ4n) is 1.30. The molecule has 0 aliphatic carbocycles. The maximum atomic E-state index is 11.2. The predicted octanol–water partition coefficient (Wildman–Crippen LogP) is 1.60. The van der Waals surface area contributed by atoms with Crippen LogP contribution in [0.3, 0.4) is 0 Å². The number of phenolic OH excluding ortho intramolecular Hbond substituents is 1. The number of nitrogens with zero attached hydrogens (tertiary/aromatic N) is 1. The van der Waals surface area contributed by atoms with E-state index in [4.69, 9.17) is 16.3 Å². The van der Waals surface area contributed by atoms with Gasteiger partial charge in [-0.2, -0.15) is 0 Å². The zero-order valence-corrected chi connectivity index (χ0v) is 9.99. The highest BCUT2D eigenvalue weighted by atomic mass is 35.5. The molecule has 1 amide bonds. The highest BCUT2D eigenvalue weighted by Gasteiger charge is 2.09. The molecule has 0 aromatic heterocycles. The first kappa shape index (κ1) is 12.6. The summed E-state index contributed by atoms with van der Waals surface area (Å²) in [5.74, 6) is 0.275. The first-order valence-electron chi connectivity index (χ1n) is 4.74. The third-order valence-corrected chi connectivity index (χ3v) is 2.43. The van der Waals surface area contributed by atoms with Gasteiger partial charge in [0.1, 0.15) is 5.88 Å². The summed E-state index contributed by atoms with van der Waals surface area (Å²) in [6, 6.07) is 5.01. The molecule has 1 aromatic carbocycles. The molecule has 1 N–H and O–H groups in total. The molecule has 16 heavy (non-hydrogen) atoms. The number of phenols is 1. The number of aromatic hydroxyl groups is 1. The maximum absolute atomic E-state index is 11.2. The zero-order valence-electron chi connectivity index (χ0n) is 9.24.